The molecule has 0 amide bonds. The standard InChI is InChI=1S/C14H17F2N3/c1-2-10(17)8-14-18-6-7-19(14)9-11-12(15)4-3-5-13(11)16/h3-7,10H,2,8-9,17H2,1H3. The minimum atomic E-state index is -0.542. The van der Waals surface area contributed by atoms with E-state index in [4.69, 9.17) is 5.73 Å². The van der Waals surface area contributed by atoms with E-state index in [2.05, 4.69) is 4.98 Å². The normalized spacial score (nSPS) is 12.6. The van der Waals surface area contributed by atoms with Gasteiger partial charge in [0.2, 0.25) is 0 Å². The molecule has 0 bridgehead atoms. The third-order valence-electron chi connectivity index (χ3n) is 3.16. The van der Waals surface area contributed by atoms with E-state index in [0.29, 0.717) is 6.42 Å². The van der Waals surface area contributed by atoms with Gasteiger partial charge in [-0.25, -0.2) is 13.8 Å². The maximum absolute atomic E-state index is 13.6. The highest BCUT2D eigenvalue weighted by molar-refractivity contribution is 5.20. The zero-order chi connectivity index (χ0) is 13.8. The van der Waals surface area contributed by atoms with E-state index in [1.807, 2.05) is 6.92 Å². The van der Waals surface area contributed by atoms with Gasteiger partial charge in [0.1, 0.15) is 17.5 Å². The van der Waals surface area contributed by atoms with Crippen molar-refractivity contribution in [2.24, 2.45) is 5.73 Å². The van der Waals surface area contributed by atoms with Gasteiger partial charge in [0.25, 0.3) is 0 Å². The van der Waals surface area contributed by atoms with Gasteiger partial charge in [-0.1, -0.05) is 13.0 Å². The summed E-state index contributed by atoms with van der Waals surface area (Å²) >= 11 is 0. The van der Waals surface area contributed by atoms with E-state index in [1.165, 1.54) is 18.2 Å². The van der Waals surface area contributed by atoms with Crippen LogP contribution in [-0.4, -0.2) is 15.6 Å². The molecule has 0 saturated carbocycles. The van der Waals surface area contributed by atoms with Gasteiger partial charge < -0.3 is 10.3 Å². The van der Waals surface area contributed by atoms with Gasteiger partial charge in [-0.15, -0.1) is 0 Å². The number of hydrogen-bond donors (Lipinski definition) is 1. The molecule has 1 heterocycles. The molecule has 5 heteroatoms. The van der Waals surface area contributed by atoms with Crippen molar-refractivity contribution in [3.8, 4) is 0 Å². The van der Waals surface area contributed by atoms with Crippen LogP contribution in [0.2, 0.25) is 0 Å². The van der Waals surface area contributed by atoms with E-state index in [0.717, 1.165) is 12.2 Å². The minimum absolute atomic E-state index is 0.00613. The Bertz CT molecular complexity index is 531. The number of halogens is 2. The molecule has 2 aromatic rings. The molecule has 102 valence electrons. The number of imidazole rings is 1. The molecule has 0 saturated heterocycles. The van der Waals surface area contributed by atoms with Gasteiger partial charge in [0, 0.05) is 30.4 Å². The highest BCUT2D eigenvalue weighted by atomic mass is 19.1. The van der Waals surface area contributed by atoms with E-state index >= 15 is 0 Å². The van der Waals surface area contributed by atoms with Gasteiger partial charge in [-0.3, -0.25) is 0 Å². The van der Waals surface area contributed by atoms with Crippen molar-refractivity contribution in [3.05, 3.63) is 53.6 Å². The Morgan fingerprint density at radius 2 is 2.00 bits per heavy atom. The molecular formula is C14H17F2N3. The summed E-state index contributed by atoms with van der Waals surface area (Å²) < 4.78 is 28.9. The highest BCUT2D eigenvalue weighted by Gasteiger charge is 2.12. The van der Waals surface area contributed by atoms with Crippen LogP contribution in [0.3, 0.4) is 0 Å². The van der Waals surface area contributed by atoms with Crippen LogP contribution in [0, 0.1) is 11.6 Å². The number of nitrogens with zero attached hydrogens (tertiary/aromatic N) is 2. The number of aromatic nitrogens is 2. The Hall–Kier alpha value is -1.75. The molecule has 0 aliphatic rings. The molecule has 1 aromatic carbocycles. The van der Waals surface area contributed by atoms with Crippen molar-refractivity contribution in [2.45, 2.75) is 32.4 Å². The summed E-state index contributed by atoms with van der Waals surface area (Å²) in [6.07, 6.45) is 4.76. The molecule has 0 fully saturated rings. The van der Waals surface area contributed by atoms with Crippen LogP contribution in [0.25, 0.3) is 0 Å². The molecule has 19 heavy (non-hydrogen) atoms. The summed E-state index contributed by atoms with van der Waals surface area (Å²) in [5.74, 6) is -0.337. The molecule has 2 rings (SSSR count). The molecule has 1 aromatic heterocycles. The summed E-state index contributed by atoms with van der Waals surface area (Å²) in [5.41, 5.74) is 5.93. The lowest BCUT2D eigenvalue weighted by Gasteiger charge is -2.12. The number of nitrogens with two attached hydrogens (primary N) is 1. The maximum atomic E-state index is 13.6. The quantitative estimate of drug-likeness (QED) is 0.902. The molecule has 2 N–H and O–H groups in total. The molecule has 0 aliphatic heterocycles. The van der Waals surface area contributed by atoms with Gasteiger partial charge in [-0.05, 0) is 18.6 Å². The Morgan fingerprint density at radius 3 is 2.63 bits per heavy atom. The van der Waals surface area contributed by atoms with Crippen LogP contribution in [-0.2, 0) is 13.0 Å². The Labute approximate surface area is 111 Å². The average molecular weight is 265 g/mol. The summed E-state index contributed by atoms with van der Waals surface area (Å²) in [5, 5.41) is 0. The van der Waals surface area contributed by atoms with Gasteiger partial charge >= 0.3 is 0 Å². The fourth-order valence-corrected chi connectivity index (χ4v) is 1.91. The molecule has 0 radical (unpaired) electrons. The second kappa shape index (κ2) is 5.93. The minimum Gasteiger partial charge on any atom is -0.330 e. The van der Waals surface area contributed by atoms with Crippen LogP contribution in [0.5, 0.6) is 0 Å². The largest absolute Gasteiger partial charge is 0.330 e. The smallest absolute Gasteiger partial charge is 0.131 e. The first-order valence-electron chi connectivity index (χ1n) is 6.30. The first-order chi connectivity index (χ1) is 9.11. The van der Waals surface area contributed by atoms with E-state index in [1.54, 1.807) is 17.0 Å². The second-order valence-electron chi connectivity index (χ2n) is 4.54. The number of hydrogen-bond acceptors (Lipinski definition) is 2. The maximum Gasteiger partial charge on any atom is 0.131 e. The van der Waals surface area contributed by atoms with E-state index in [-0.39, 0.29) is 18.2 Å². The fraction of sp³-hybridized carbons (Fsp3) is 0.357. The van der Waals surface area contributed by atoms with Crippen molar-refractivity contribution in [1.29, 1.82) is 0 Å². The fourth-order valence-electron chi connectivity index (χ4n) is 1.91. The monoisotopic (exact) mass is 265 g/mol. The molecule has 3 nitrogen and oxygen atoms in total. The third kappa shape index (κ3) is 3.17. The zero-order valence-electron chi connectivity index (χ0n) is 10.8. The van der Waals surface area contributed by atoms with Crippen molar-refractivity contribution in [2.75, 3.05) is 0 Å². The SMILES string of the molecule is CCC(N)Cc1nccn1Cc1c(F)cccc1F. The van der Waals surface area contributed by atoms with E-state index in [9.17, 15) is 8.78 Å². The van der Waals surface area contributed by atoms with Crippen LogP contribution in [0.4, 0.5) is 8.78 Å². The lowest BCUT2D eigenvalue weighted by molar-refractivity contribution is 0.534. The van der Waals surface area contributed by atoms with Crippen molar-refractivity contribution in [1.82, 2.24) is 9.55 Å². The van der Waals surface area contributed by atoms with Crippen LogP contribution < -0.4 is 5.73 Å². The first-order valence-corrected chi connectivity index (χ1v) is 6.30. The van der Waals surface area contributed by atoms with Gasteiger partial charge in [0.05, 0.1) is 6.54 Å². The predicted molar refractivity (Wildman–Crippen MR) is 69.7 cm³/mol. The number of rotatable bonds is 5. The molecule has 0 aliphatic carbocycles. The van der Waals surface area contributed by atoms with Crippen molar-refractivity contribution >= 4 is 0 Å². The Balaban J connectivity index is 2.22. The lowest BCUT2D eigenvalue weighted by Crippen LogP contribution is -2.23. The molecular weight excluding hydrogens is 248 g/mol. The van der Waals surface area contributed by atoms with Gasteiger partial charge in [-0.2, -0.15) is 0 Å². The second-order valence-corrected chi connectivity index (χ2v) is 4.54. The molecule has 0 spiro atoms. The van der Waals surface area contributed by atoms with Crippen LogP contribution >= 0.6 is 0 Å². The summed E-state index contributed by atoms with van der Waals surface area (Å²) in [6.45, 7) is 2.12. The van der Waals surface area contributed by atoms with Crippen LogP contribution in [0.15, 0.2) is 30.6 Å². The Kier molecular flexibility index (Phi) is 4.27. The molecule has 1 atom stereocenters. The highest BCUT2D eigenvalue weighted by Crippen LogP contribution is 2.15. The topological polar surface area (TPSA) is 43.8 Å². The average Bonchev–Trinajstić information content (AvgIpc) is 2.81. The Morgan fingerprint density at radius 1 is 1.32 bits per heavy atom. The van der Waals surface area contributed by atoms with Gasteiger partial charge in [0.15, 0.2) is 0 Å². The van der Waals surface area contributed by atoms with Crippen molar-refractivity contribution in [3.63, 3.8) is 0 Å². The third-order valence-corrected chi connectivity index (χ3v) is 3.16. The first kappa shape index (κ1) is 13.7. The molecule has 1 unspecified atom stereocenters. The van der Waals surface area contributed by atoms with Crippen molar-refractivity contribution < 1.29 is 8.78 Å². The number of benzene rings is 1. The van der Waals surface area contributed by atoms with E-state index < -0.39 is 11.6 Å². The summed E-state index contributed by atoms with van der Waals surface area (Å²) in [7, 11) is 0. The summed E-state index contributed by atoms with van der Waals surface area (Å²) in [4.78, 5) is 4.20. The summed E-state index contributed by atoms with van der Waals surface area (Å²) in [6, 6.07) is 3.88. The lowest BCUT2D eigenvalue weighted by atomic mass is 10.1. The van der Waals surface area contributed by atoms with Crippen LogP contribution in [0.1, 0.15) is 24.7 Å². The zero-order valence-corrected chi connectivity index (χ0v) is 10.8. The predicted octanol–water partition coefficient (Wildman–Crippen LogP) is 2.49.